The zero-order valence-electron chi connectivity index (χ0n) is 18.6. The van der Waals surface area contributed by atoms with Gasteiger partial charge in [0.25, 0.3) is 0 Å². The summed E-state index contributed by atoms with van der Waals surface area (Å²) in [5, 5.41) is 0. The van der Waals surface area contributed by atoms with Crippen molar-refractivity contribution in [2.24, 2.45) is 11.8 Å². The van der Waals surface area contributed by atoms with Gasteiger partial charge < -0.3 is 14.7 Å². The summed E-state index contributed by atoms with van der Waals surface area (Å²) in [5.74, 6) is 1.78. The van der Waals surface area contributed by atoms with Crippen LogP contribution in [-0.4, -0.2) is 60.9 Å². The van der Waals surface area contributed by atoms with Crippen molar-refractivity contribution < 1.29 is 14.0 Å². The van der Waals surface area contributed by atoms with E-state index in [-0.39, 0.29) is 17.6 Å². The average Bonchev–Trinajstić information content (AvgIpc) is 2.81. The number of piperidine rings is 1. The minimum Gasteiger partial charge on any atom is -0.366 e. The van der Waals surface area contributed by atoms with Crippen molar-refractivity contribution in [1.29, 1.82) is 0 Å². The molecule has 2 unspecified atom stereocenters. The van der Waals surface area contributed by atoms with Crippen molar-refractivity contribution in [3.05, 3.63) is 30.1 Å². The fourth-order valence-electron chi connectivity index (χ4n) is 5.60. The molecule has 1 aromatic rings. The summed E-state index contributed by atoms with van der Waals surface area (Å²) in [5.41, 5.74) is 0.616. The molecule has 0 bridgehead atoms. The van der Waals surface area contributed by atoms with Gasteiger partial charge in [0.05, 0.1) is 5.69 Å². The van der Waals surface area contributed by atoms with Crippen molar-refractivity contribution in [3.63, 3.8) is 0 Å². The number of unbranched alkanes of at least 4 members (excludes halogenated alkanes) is 1. The Hall–Kier alpha value is -2.11. The van der Waals surface area contributed by atoms with Gasteiger partial charge in [-0.3, -0.25) is 9.59 Å². The second-order valence-electron chi connectivity index (χ2n) is 9.46. The maximum Gasteiger partial charge on any atom is 0.222 e. The minimum absolute atomic E-state index is 0.156. The van der Waals surface area contributed by atoms with Gasteiger partial charge in [-0.1, -0.05) is 31.4 Å². The van der Waals surface area contributed by atoms with E-state index in [0.717, 1.165) is 37.8 Å². The van der Waals surface area contributed by atoms with Crippen molar-refractivity contribution >= 4 is 17.5 Å². The maximum atomic E-state index is 14.0. The highest BCUT2D eigenvalue weighted by atomic mass is 19.1. The topological polar surface area (TPSA) is 43.9 Å². The molecule has 2 atom stereocenters. The Labute approximate surface area is 185 Å². The van der Waals surface area contributed by atoms with Crippen LogP contribution in [0.15, 0.2) is 24.3 Å². The summed E-state index contributed by atoms with van der Waals surface area (Å²) in [6.07, 6.45) is 9.09. The lowest BCUT2D eigenvalue weighted by atomic mass is 9.75. The first-order valence-electron chi connectivity index (χ1n) is 12.2. The van der Waals surface area contributed by atoms with Gasteiger partial charge in [-0.05, 0) is 49.7 Å². The Morgan fingerprint density at radius 2 is 1.45 bits per heavy atom. The average molecular weight is 430 g/mol. The van der Waals surface area contributed by atoms with Gasteiger partial charge in [-0.2, -0.15) is 0 Å². The van der Waals surface area contributed by atoms with E-state index in [4.69, 9.17) is 0 Å². The smallest absolute Gasteiger partial charge is 0.222 e. The first-order valence-corrected chi connectivity index (χ1v) is 12.2. The van der Waals surface area contributed by atoms with Crippen molar-refractivity contribution in [2.75, 3.05) is 44.2 Å². The van der Waals surface area contributed by atoms with Gasteiger partial charge >= 0.3 is 0 Å². The number of hydrogen-bond acceptors (Lipinski definition) is 3. The van der Waals surface area contributed by atoms with Gasteiger partial charge in [-0.25, -0.2) is 4.39 Å². The molecule has 3 aliphatic rings. The van der Waals surface area contributed by atoms with Gasteiger partial charge in [0.15, 0.2) is 0 Å². The SMILES string of the molecule is O=C(CCCCC(=O)N1CCC2CCCCC2C1)N1CCN(c2ccccc2F)CC1. The normalized spacial score (nSPS) is 24.1. The summed E-state index contributed by atoms with van der Waals surface area (Å²) in [7, 11) is 0. The predicted octanol–water partition coefficient (Wildman–Crippen LogP) is 4.07. The second kappa shape index (κ2) is 10.5. The third-order valence-corrected chi connectivity index (χ3v) is 7.50. The van der Waals surface area contributed by atoms with Gasteiger partial charge in [0.2, 0.25) is 11.8 Å². The van der Waals surface area contributed by atoms with Crippen LogP contribution < -0.4 is 4.90 Å². The number of para-hydroxylation sites is 1. The highest BCUT2D eigenvalue weighted by Gasteiger charge is 2.32. The van der Waals surface area contributed by atoms with Gasteiger partial charge in [-0.15, -0.1) is 0 Å². The Bertz CT molecular complexity index is 763. The fourth-order valence-corrected chi connectivity index (χ4v) is 5.60. The van der Waals surface area contributed by atoms with E-state index in [9.17, 15) is 14.0 Å². The first-order chi connectivity index (χ1) is 15.1. The molecule has 2 saturated heterocycles. The minimum atomic E-state index is -0.209. The van der Waals surface area contributed by atoms with Crippen LogP contribution in [0, 0.1) is 17.7 Å². The summed E-state index contributed by atoms with van der Waals surface area (Å²) >= 11 is 0. The van der Waals surface area contributed by atoms with Crippen molar-refractivity contribution in [2.45, 2.75) is 57.8 Å². The number of fused-ring (bicyclic) bond motifs is 1. The largest absolute Gasteiger partial charge is 0.366 e. The molecule has 3 fully saturated rings. The van der Waals surface area contributed by atoms with Gasteiger partial charge in [0.1, 0.15) is 5.82 Å². The number of carbonyl (C=O) groups excluding carboxylic acids is 2. The highest BCUT2D eigenvalue weighted by molar-refractivity contribution is 5.77. The molecule has 1 aromatic carbocycles. The van der Waals surface area contributed by atoms with Crippen LogP contribution in [0.25, 0.3) is 0 Å². The van der Waals surface area contributed by atoms with Crippen LogP contribution in [0.3, 0.4) is 0 Å². The predicted molar refractivity (Wildman–Crippen MR) is 120 cm³/mol. The third kappa shape index (κ3) is 5.58. The van der Waals surface area contributed by atoms with E-state index >= 15 is 0 Å². The molecule has 1 saturated carbocycles. The first kappa shape index (κ1) is 22.1. The molecule has 0 aromatic heterocycles. The molecular weight excluding hydrogens is 393 g/mol. The van der Waals surface area contributed by atoms with E-state index in [1.54, 1.807) is 12.1 Å². The zero-order valence-corrected chi connectivity index (χ0v) is 18.6. The maximum absolute atomic E-state index is 14.0. The third-order valence-electron chi connectivity index (χ3n) is 7.50. The summed E-state index contributed by atoms with van der Waals surface area (Å²) in [6.45, 7) is 4.44. The number of likely N-dealkylation sites (tertiary alicyclic amines) is 1. The number of piperazine rings is 1. The molecule has 2 amide bonds. The number of anilines is 1. The second-order valence-corrected chi connectivity index (χ2v) is 9.46. The van der Waals surface area contributed by atoms with E-state index < -0.39 is 0 Å². The number of halogens is 1. The molecular formula is C25H36FN3O2. The van der Waals surface area contributed by atoms with E-state index in [2.05, 4.69) is 4.90 Å². The van der Waals surface area contributed by atoms with Crippen LogP contribution in [-0.2, 0) is 9.59 Å². The molecule has 31 heavy (non-hydrogen) atoms. The Morgan fingerprint density at radius 3 is 2.16 bits per heavy atom. The Balaban J connectivity index is 1.13. The molecule has 5 nitrogen and oxygen atoms in total. The fraction of sp³-hybridized carbons (Fsp3) is 0.680. The molecule has 2 heterocycles. The number of benzene rings is 1. The van der Waals surface area contributed by atoms with Crippen LogP contribution in [0.2, 0.25) is 0 Å². The summed E-state index contributed by atoms with van der Waals surface area (Å²) in [6, 6.07) is 6.81. The molecule has 2 aliphatic heterocycles. The number of hydrogen-bond donors (Lipinski definition) is 0. The van der Waals surface area contributed by atoms with E-state index in [1.165, 1.54) is 38.2 Å². The number of amides is 2. The monoisotopic (exact) mass is 429 g/mol. The van der Waals surface area contributed by atoms with Crippen LogP contribution >= 0.6 is 0 Å². The standard InChI is InChI=1S/C25H36FN3O2/c26-22-9-3-4-10-23(22)27-15-17-28(18-16-27)24(30)11-5-6-12-25(31)29-14-13-20-7-1-2-8-21(20)19-29/h3-4,9-10,20-21H,1-2,5-8,11-19H2. The lowest BCUT2D eigenvalue weighted by molar-refractivity contribution is -0.135. The molecule has 170 valence electrons. The van der Waals surface area contributed by atoms with Crippen LogP contribution in [0.1, 0.15) is 57.8 Å². The Kier molecular flexibility index (Phi) is 7.46. The summed E-state index contributed by atoms with van der Waals surface area (Å²) < 4.78 is 14.0. The molecule has 0 radical (unpaired) electrons. The highest BCUT2D eigenvalue weighted by Crippen LogP contribution is 2.36. The van der Waals surface area contributed by atoms with Gasteiger partial charge in [0, 0.05) is 52.1 Å². The van der Waals surface area contributed by atoms with E-state index in [1.807, 2.05) is 15.9 Å². The quantitative estimate of drug-likeness (QED) is 0.640. The lowest BCUT2D eigenvalue weighted by Crippen LogP contribution is -2.49. The number of carbonyl (C=O) groups is 2. The van der Waals surface area contributed by atoms with Crippen molar-refractivity contribution in [1.82, 2.24) is 9.80 Å². The molecule has 0 N–H and O–H groups in total. The molecule has 1 aliphatic carbocycles. The number of rotatable bonds is 6. The zero-order chi connectivity index (χ0) is 21.6. The molecule has 0 spiro atoms. The summed E-state index contributed by atoms with van der Waals surface area (Å²) in [4.78, 5) is 31.1. The van der Waals surface area contributed by atoms with E-state index in [0.29, 0.717) is 44.7 Å². The molecule has 4 rings (SSSR count). The molecule has 6 heteroatoms. The Morgan fingerprint density at radius 1 is 0.806 bits per heavy atom. The lowest BCUT2D eigenvalue weighted by Gasteiger charge is -2.41. The van der Waals surface area contributed by atoms with Crippen molar-refractivity contribution in [3.8, 4) is 0 Å². The van der Waals surface area contributed by atoms with Crippen LogP contribution in [0.4, 0.5) is 10.1 Å². The van der Waals surface area contributed by atoms with Crippen LogP contribution in [0.5, 0.6) is 0 Å². The number of nitrogens with zero attached hydrogens (tertiary/aromatic N) is 3.